The quantitative estimate of drug-likeness (QED) is 0.748. The molecule has 0 saturated heterocycles. The van der Waals surface area contributed by atoms with Crippen LogP contribution in [0.25, 0.3) is 16.7 Å². The molecule has 26 heavy (non-hydrogen) atoms. The van der Waals surface area contributed by atoms with Crippen molar-refractivity contribution in [3.05, 3.63) is 64.1 Å². The molecule has 1 aliphatic heterocycles. The minimum Gasteiger partial charge on any atom is -0.395 e. The van der Waals surface area contributed by atoms with Gasteiger partial charge in [-0.2, -0.15) is 0 Å². The summed E-state index contributed by atoms with van der Waals surface area (Å²) in [6, 6.07) is 12.9. The van der Waals surface area contributed by atoms with Crippen LogP contribution in [0.1, 0.15) is 16.1 Å². The first-order valence-corrected chi connectivity index (χ1v) is 8.37. The summed E-state index contributed by atoms with van der Waals surface area (Å²) >= 11 is 0. The third kappa shape index (κ3) is 2.44. The summed E-state index contributed by atoms with van der Waals surface area (Å²) in [5, 5.41) is 13.0. The van der Waals surface area contributed by atoms with E-state index in [-0.39, 0.29) is 31.3 Å². The molecule has 2 N–H and O–H groups in total. The average Bonchev–Trinajstić information content (AvgIpc) is 2.64. The van der Waals surface area contributed by atoms with E-state index < -0.39 is 5.56 Å². The van der Waals surface area contributed by atoms with Crippen molar-refractivity contribution < 1.29 is 9.90 Å². The zero-order valence-corrected chi connectivity index (χ0v) is 14.3. The number of para-hydroxylation sites is 1. The maximum absolute atomic E-state index is 13.3. The Bertz CT molecular complexity index is 1060. The fourth-order valence-electron chi connectivity index (χ4n) is 3.26. The van der Waals surface area contributed by atoms with Gasteiger partial charge in [-0.05, 0) is 31.2 Å². The van der Waals surface area contributed by atoms with Crippen LogP contribution in [0.5, 0.6) is 0 Å². The van der Waals surface area contributed by atoms with Crippen LogP contribution in [0.15, 0.2) is 47.3 Å². The van der Waals surface area contributed by atoms with Crippen LogP contribution in [0.2, 0.25) is 0 Å². The molecule has 0 radical (unpaired) electrons. The molecule has 0 bridgehead atoms. The molecular formula is C19H18N4O3. The van der Waals surface area contributed by atoms with E-state index in [0.717, 1.165) is 5.69 Å². The molecule has 0 aliphatic carbocycles. The highest BCUT2D eigenvalue weighted by Crippen LogP contribution is 2.29. The predicted octanol–water partition coefficient (Wildman–Crippen LogP) is 1.51. The number of aliphatic hydroxyl groups excluding tert-OH is 1. The summed E-state index contributed by atoms with van der Waals surface area (Å²) in [5.74, 6) is -0.384. The minimum atomic E-state index is -0.420. The first-order valence-electron chi connectivity index (χ1n) is 8.37. The number of amides is 1. The van der Waals surface area contributed by atoms with Crippen LogP contribution >= 0.6 is 0 Å². The highest BCUT2D eigenvalue weighted by Gasteiger charge is 2.30. The number of aliphatic hydroxyl groups is 1. The molecule has 1 aliphatic rings. The molecule has 0 spiro atoms. The number of pyridine rings is 2. The van der Waals surface area contributed by atoms with E-state index in [9.17, 15) is 14.7 Å². The van der Waals surface area contributed by atoms with E-state index in [1.807, 2.05) is 49.4 Å². The Labute approximate surface area is 149 Å². The Morgan fingerprint density at radius 2 is 1.92 bits per heavy atom. The van der Waals surface area contributed by atoms with Crippen LogP contribution in [0.3, 0.4) is 0 Å². The van der Waals surface area contributed by atoms with Crippen molar-refractivity contribution in [2.75, 3.05) is 25.1 Å². The second-order valence-corrected chi connectivity index (χ2v) is 6.18. The smallest absolute Gasteiger partial charge is 0.271 e. The summed E-state index contributed by atoms with van der Waals surface area (Å²) in [7, 11) is 0. The highest BCUT2D eigenvalue weighted by molar-refractivity contribution is 6.08. The van der Waals surface area contributed by atoms with E-state index in [4.69, 9.17) is 0 Å². The van der Waals surface area contributed by atoms with Crippen molar-refractivity contribution in [2.45, 2.75) is 6.92 Å². The summed E-state index contributed by atoms with van der Waals surface area (Å²) in [6.07, 6.45) is 0. The van der Waals surface area contributed by atoms with E-state index in [1.165, 1.54) is 9.47 Å². The molecule has 4 rings (SSSR count). The largest absolute Gasteiger partial charge is 0.395 e. The Morgan fingerprint density at radius 3 is 2.65 bits per heavy atom. The lowest BCUT2D eigenvalue weighted by Gasteiger charge is -2.30. The maximum Gasteiger partial charge on any atom is 0.271 e. The number of aryl methyl sites for hydroxylation is 1. The molecule has 3 heterocycles. The third-order valence-electron chi connectivity index (χ3n) is 4.49. The Hall–Kier alpha value is -3.19. The number of nitrogens with one attached hydrogen (secondary N) is 1. The first kappa shape index (κ1) is 16.3. The molecular weight excluding hydrogens is 332 g/mol. The standard InChI is InChI=1S/C19H18N4O3/c1-12-7-8-14-16-15(18(25)22(9-10-24)11-20-16)19(26)23(17(14)21-12)13-5-3-2-4-6-13/h2-8,20,24H,9-11H2,1H3. The number of hydrogen-bond acceptors (Lipinski definition) is 5. The molecule has 0 fully saturated rings. The molecule has 2 aromatic heterocycles. The number of carbonyl (C=O) groups is 1. The SMILES string of the molecule is Cc1ccc2c3c(c(=O)n(-c4ccccc4)c2n1)C(=O)N(CCO)CN3. The first-order chi connectivity index (χ1) is 12.6. The molecule has 1 aromatic carbocycles. The fourth-order valence-corrected chi connectivity index (χ4v) is 3.26. The molecule has 7 nitrogen and oxygen atoms in total. The van der Waals surface area contributed by atoms with Gasteiger partial charge in [0.1, 0.15) is 11.2 Å². The fraction of sp³-hybridized carbons (Fsp3) is 0.211. The summed E-state index contributed by atoms with van der Waals surface area (Å²) < 4.78 is 1.48. The number of anilines is 1. The van der Waals surface area contributed by atoms with E-state index in [0.29, 0.717) is 22.4 Å². The second kappa shape index (κ2) is 6.27. The number of benzene rings is 1. The molecule has 132 valence electrons. The predicted molar refractivity (Wildman–Crippen MR) is 98.7 cm³/mol. The van der Waals surface area contributed by atoms with Crippen molar-refractivity contribution in [3.63, 3.8) is 0 Å². The number of rotatable bonds is 3. The number of nitrogens with zero attached hydrogens (tertiary/aromatic N) is 3. The van der Waals surface area contributed by atoms with Crippen molar-refractivity contribution >= 4 is 22.6 Å². The van der Waals surface area contributed by atoms with Crippen LogP contribution in [-0.4, -0.2) is 45.3 Å². The average molecular weight is 350 g/mol. The van der Waals surface area contributed by atoms with Crippen molar-refractivity contribution in [1.82, 2.24) is 14.5 Å². The summed E-state index contributed by atoms with van der Waals surface area (Å²) in [4.78, 5) is 32.1. The molecule has 0 atom stereocenters. The van der Waals surface area contributed by atoms with Gasteiger partial charge in [0.15, 0.2) is 0 Å². The monoisotopic (exact) mass is 350 g/mol. The van der Waals surface area contributed by atoms with Gasteiger partial charge in [0, 0.05) is 17.6 Å². The van der Waals surface area contributed by atoms with E-state index in [1.54, 1.807) is 0 Å². The lowest BCUT2D eigenvalue weighted by Crippen LogP contribution is -2.45. The Kier molecular flexibility index (Phi) is 3.93. The zero-order valence-electron chi connectivity index (χ0n) is 14.3. The van der Waals surface area contributed by atoms with Gasteiger partial charge in [-0.3, -0.25) is 14.2 Å². The van der Waals surface area contributed by atoms with Crippen molar-refractivity contribution in [1.29, 1.82) is 0 Å². The Morgan fingerprint density at radius 1 is 1.15 bits per heavy atom. The lowest BCUT2D eigenvalue weighted by atomic mass is 10.1. The topological polar surface area (TPSA) is 87.5 Å². The van der Waals surface area contributed by atoms with Gasteiger partial charge in [-0.25, -0.2) is 4.98 Å². The number of fused-ring (bicyclic) bond motifs is 3. The maximum atomic E-state index is 13.3. The number of aromatic nitrogens is 2. The highest BCUT2D eigenvalue weighted by atomic mass is 16.3. The van der Waals surface area contributed by atoms with Crippen molar-refractivity contribution in [3.8, 4) is 5.69 Å². The van der Waals surface area contributed by atoms with Gasteiger partial charge in [0.25, 0.3) is 11.5 Å². The number of carbonyl (C=O) groups excluding carboxylic acids is 1. The van der Waals surface area contributed by atoms with Gasteiger partial charge in [0.05, 0.1) is 24.7 Å². The molecule has 7 heteroatoms. The molecule has 3 aromatic rings. The van der Waals surface area contributed by atoms with E-state index in [2.05, 4.69) is 10.3 Å². The Balaban J connectivity index is 2.08. The van der Waals surface area contributed by atoms with Crippen LogP contribution in [0, 0.1) is 6.92 Å². The number of hydrogen-bond donors (Lipinski definition) is 2. The van der Waals surface area contributed by atoms with Gasteiger partial charge >= 0.3 is 0 Å². The van der Waals surface area contributed by atoms with Gasteiger partial charge in [-0.1, -0.05) is 18.2 Å². The van der Waals surface area contributed by atoms with Gasteiger partial charge < -0.3 is 15.3 Å². The number of β-amino-alcohol motifs (C(OH)–C–C–N with tert-alkyl or cyclic N) is 1. The van der Waals surface area contributed by atoms with Gasteiger partial charge in [0.2, 0.25) is 0 Å². The lowest BCUT2D eigenvalue weighted by molar-refractivity contribution is 0.0724. The van der Waals surface area contributed by atoms with E-state index >= 15 is 0 Å². The third-order valence-corrected chi connectivity index (χ3v) is 4.49. The van der Waals surface area contributed by atoms with Crippen molar-refractivity contribution in [2.24, 2.45) is 0 Å². The summed E-state index contributed by atoms with van der Waals surface area (Å²) in [6.45, 7) is 2.11. The van der Waals surface area contributed by atoms with Crippen LogP contribution in [0.4, 0.5) is 5.69 Å². The van der Waals surface area contributed by atoms with Gasteiger partial charge in [-0.15, -0.1) is 0 Å². The minimum absolute atomic E-state index is 0.0757. The van der Waals surface area contributed by atoms with Crippen LogP contribution < -0.4 is 10.9 Å². The second-order valence-electron chi connectivity index (χ2n) is 6.18. The van der Waals surface area contributed by atoms with Crippen LogP contribution in [-0.2, 0) is 0 Å². The zero-order chi connectivity index (χ0) is 18.3. The summed E-state index contributed by atoms with van der Waals surface area (Å²) in [5.41, 5.74) is 2.10. The molecule has 0 unspecified atom stereocenters. The molecule has 0 saturated carbocycles. The molecule has 1 amide bonds. The normalized spacial score (nSPS) is 13.6.